The van der Waals surface area contributed by atoms with Crippen LogP contribution in [0.4, 0.5) is 0 Å². The van der Waals surface area contributed by atoms with Gasteiger partial charge in [0.25, 0.3) is 0 Å². The van der Waals surface area contributed by atoms with Crippen LogP contribution in [0.1, 0.15) is 16.7 Å². The zero-order valence-electron chi connectivity index (χ0n) is 10.1. The second-order valence-electron chi connectivity index (χ2n) is 4.40. The topological polar surface area (TPSA) is 0 Å². The summed E-state index contributed by atoms with van der Waals surface area (Å²) in [6, 6.07) is 9.99. The molecular weight excluding hydrogens is 251 g/mol. The van der Waals surface area contributed by atoms with Gasteiger partial charge in [-0.25, -0.2) is 0 Å². The normalized spacial score (nSPS) is 10.6. The molecule has 0 spiro atoms. The Balaban J connectivity index is 2.68. The van der Waals surface area contributed by atoms with Gasteiger partial charge in [-0.15, -0.1) is 0 Å². The maximum Gasteiger partial charge on any atom is 0.0499 e. The Morgan fingerprint density at radius 2 is 1.41 bits per heavy atom. The van der Waals surface area contributed by atoms with E-state index in [4.69, 9.17) is 23.2 Å². The lowest BCUT2D eigenvalue weighted by atomic mass is 9.94. The highest BCUT2D eigenvalue weighted by molar-refractivity contribution is 6.36. The molecule has 0 atom stereocenters. The van der Waals surface area contributed by atoms with E-state index < -0.39 is 0 Å². The molecule has 0 fully saturated rings. The minimum atomic E-state index is 0.668. The van der Waals surface area contributed by atoms with Crippen molar-refractivity contribution < 1.29 is 0 Å². The number of rotatable bonds is 1. The quantitative estimate of drug-likeness (QED) is 0.630. The molecule has 0 aliphatic heterocycles. The Kier molecular flexibility index (Phi) is 3.46. The Morgan fingerprint density at radius 3 is 1.94 bits per heavy atom. The summed E-state index contributed by atoms with van der Waals surface area (Å²) in [5, 5.41) is 1.37. The van der Waals surface area contributed by atoms with Crippen molar-refractivity contribution in [1.29, 1.82) is 0 Å². The lowest BCUT2D eigenvalue weighted by molar-refractivity contribution is 1.32. The molecular formula is C15H14Cl2. The Hall–Kier alpha value is -0.980. The number of hydrogen-bond donors (Lipinski definition) is 0. The van der Waals surface area contributed by atoms with Crippen LogP contribution in [0, 0.1) is 20.8 Å². The molecule has 2 aromatic rings. The van der Waals surface area contributed by atoms with Gasteiger partial charge >= 0.3 is 0 Å². The van der Waals surface area contributed by atoms with Crippen LogP contribution < -0.4 is 0 Å². The maximum absolute atomic E-state index is 6.26. The molecule has 0 saturated heterocycles. The van der Waals surface area contributed by atoms with Crippen molar-refractivity contribution in [2.75, 3.05) is 0 Å². The van der Waals surface area contributed by atoms with E-state index >= 15 is 0 Å². The predicted octanol–water partition coefficient (Wildman–Crippen LogP) is 5.59. The van der Waals surface area contributed by atoms with Crippen LogP contribution in [0.2, 0.25) is 10.0 Å². The first-order chi connectivity index (χ1) is 7.99. The van der Waals surface area contributed by atoms with Crippen molar-refractivity contribution in [3.05, 3.63) is 57.1 Å². The van der Waals surface area contributed by atoms with Crippen LogP contribution in [-0.4, -0.2) is 0 Å². The highest BCUT2D eigenvalue weighted by Gasteiger charge is 2.10. The summed E-state index contributed by atoms with van der Waals surface area (Å²) in [5.74, 6) is 0. The van der Waals surface area contributed by atoms with Gasteiger partial charge in [-0.3, -0.25) is 0 Å². The molecule has 0 heterocycles. The van der Waals surface area contributed by atoms with Crippen molar-refractivity contribution in [2.45, 2.75) is 20.8 Å². The van der Waals surface area contributed by atoms with Crippen LogP contribution in [0.15, 0.2) is 30.3 Å². The molecule has 2 rings (SSSR count). The SMILES string of the molecule is Cc1cc(C)c(-c2ccc(Cl)cc2Cl)c(C)c1. The van der Waals surface area contributed by atoms with E-state index in [0.717, 1.165) is 5.56 Å². The highest BCUT2D eigenvalue weighted by atomic mass is 35.5. The Morgan fingerprint density at radius 1 is 0.824 bits per heavy atom. The molecule has 2 heteroatoms. The molecule has 0 saturated carbocycles. The summed E-state index contributed by atoms with van der Waals surface area (Å²) in [4.78, 5) is 0. The molecule has 88 valence electrons. The smallest absolute Gasteiger partial charge is 0.0499 e. The predicted molar refractivity (Wildman–Crippen MR) is 76.1 cm³/mol. The molecule has 0 unspecified atom stereocenters. The zero-order chi connectivity index (χ0) is 12.6. The van der Waals surface area contributed by atoms with E-state index in [1.807, 2.05) is 12.1 Å². The lowest BCUT2D eigenvalue weighted by Gasteiger charge is -2.13. The van der Waals surface area contributed by atoms with Crippen LogP contribution in [0.25, 0.3) is 11.1 Å². The minimum absolute atomic E-state index is 0.668. The van der Waals surface area contributed by atoms with E-state index in [1.165, 1.54) is 22.3 Å². The molecule has 2 aromatic carbocycles. The number of halogens is 2. The largest absolute Gasteiger partial charge is 0.0843 e. The standard InChI is InChI=1S/C15H14Cl2/c1-9-6-10(2)15(11(3)7-9)13-5-4-12(16)8-14(13)17/h4-8H,1-3H3. The molecule has 0 nitrogen and oxygen atoms in total. The Bertz CT molecular complexity index is 548. The second-order valence-corrected chi connectivity index (χ2v) is 5.24. The van der Waals surface area contributed by atoms with Crippen molar-refractivity contribution in [3.8, 4) is 11.1 Å². The van der Waals surface area contributed by atoms with Crippen LogP contribution in [0.3, 0.4) is 0 Å². The molecule has 0 amide bonds. The molecule has 0 aliphatic rings. The Labute approximate surface area is 112 Å². The van der Waals surface area contributed by atoms with Gasteiger partial charge in [0.15, 0.2) is 0 Å². The summed E-state index contributed by atoms with van der Waals surface area (Å²) in [6.07, 6.45) is 0. The van der Waals surface area contributed by atoms with Gasteiger partial charge in [0, 0.05) is 15.6 Å². The van der Waals surface area contributed by atoms with Gasteiger partial charge in [-0.05, 0) is 49.6 Å². The first-order valence-electron chi connectivity index (χ1n) is 5.52. The van der Waals surface area contributed by atoms with Crippen molar-refractivity contribution >= 4 is 23.2 Å². The van der Waals surface area contributed by atoms with Gasteiger partial charge < -0.3 is 0 Å². The second kappa shape index (κ2) is 4.72. The summed E-state index contributed by atoms with van der Waals surface area (Å²) in [5.41, 5.74) is 6.01. The fourth-order valence-corrected chi connectivity index (χ4v) is 2.80. The zero-order valence-corrected chi connectivity index (χ0v) is 11.7. The average Bonchev–Trinajstić information content (AvgIpc) is 2.19. The molecule has 17 heavy (non-hydrogen) atoms. The average molecular weight is 265 g/mol. The molecule has 0 radical (unpaired) electrons. The maximum atomic E-state index is 6.26. The van der Waals surface area contributed by atoms with Crippen LogP contribution >= 0.6 is 23.2 Å². The number of hydrogen-bond acceptors (Lipinski definition) is 0. The van der Waals surface area contributed by atoms with E-state index in [2.05, 4.69) is 32.9 Å². The van der Waals surface area contributed by atoms with Gasteiger partial charge in [0.1, 0.15) is 0 Å². The van der Waals surface area contributed by atoms with Gasteiger partial charge in [0.05, 0.1) is 0 Å². The first-order valence-corrected chi connectivity index (χ1v) is 6.28. The van der Waals surface area contributed by atoms with Crippen LogP contribution in [0.5, 0.6) is 0 Å². The molecule has 0 N–H and O–H groups in total. The number of benzene rings is 2. The van der Waals surface area contributed by atoms with E-state index in [1.54, 1.807) is 6.07 Å². The van der Waals surface area contributed by atoms with Gasteiger partial charge in [0.2, 0.25) is 0 Å². The van der Waals surface area contributed by atoms with Crippen LogP contribution in [-0.2, 0) is 0 Å². The molecule has 0 aliphatic carbocycles. The third-order valence-electron chi connectivity index (χ3n) is 2.88. The third kappa shape index (κ3) is 2.48. The van der Waals surface area contributed by atoms with E-state index in [-0.39, 0.29) is 0 Å². The van der Waals surface area contributed by atoms with Gasteiger partial charge in [-0.1, -0.05) is 47.0 Å². The molecule has 0 aromatic heterocycles. The van der Waals surface area contributed by atoms with E-state index in [0.29, 0.717) is 10.0 Å². The van der Waals surface area contributed by atoms with Gasteiger partial charge in [-0.2, -0.15) is 0 Å². The van der Waals surface area contributed by atoms with Crippen molar-refractivity contribution in [1.82, 2.24) is 0 Å². The fourth-order valence-electron chi connectivity index (χ4n) is 2.30. The fraction of sp³-hybridized carbons (Fsp3) is 0.200. The first kappa shape index (κ1) is 12.5. The lowest BCUT2D eigenvalue weighted by Crippen LogP contribution is -1.90. The summed E-state index contributed by atoms with van der Waals surface area (Å²) < 4.78 is 0. The molecule has 0 bridgehead atoms. The van der Waals surface area contributed by atoms with Crippen molar-refractivity contribution in [2.24, 2.45) is 0 Å². The number of aryl methyl sites for hydroxylation is 3. The van der Waals surface area contributed by atoms with Crippen molar-refractivity contribution in [3.63, 3.8) is 0 Å². The van der Waals surface area contributed by atoms with E-state index in [9.17, 15) is 0 Å². The summed E-state index contributed by atoms with van der Waals surface area (Å²) in [6.45, 7) is 6.33. The highest BCUT2D eigenvalue weighted by Crippen LogP contribution is 2.34. The monoisotopic (exact) mass is 264 g/mol. The summed E-state index contributed by atoms with van der Waals surface area (Å²) in [7, 11) is 0. The minimum Gasteiger partial charge on any atom is -0.0843 e. The third-order valence-corrected chi connectivity index (χ3v) is 3.43. The summed E-state index contributed by atoms with van der Waals surface area (Å²) >= 11 is 12.2.